The summed E-state index contributed by atoms with van der Waals surface area (Å²) in [6.07, 6.45) is 0. The molecule has 0 saturated carbocycles. The van der Waals surface area contributed by atoms with Crippen molar-refractivity contribution in [2.24, 2.45) is 0 Å². The fraction of sp³-hybridized carbons (Fsp3) is 0. The van der Waals surface area contributed by atoms with Crippen LogP contribution in [0.15, 0.2) is 42.5 Å². The van der Waals surface area contributed by atoms with E-state index in [1.807, 2.05) is 0 Å². The molecule has 2 aromatic rings. The third-order valence-electron chi connectivity index (χ3n) is 2.02. The summed E-state index contributed by atoms with van der Waals surface area (Å²) >= 11 is 0. The summed E-state index contributed by atoms with van der Waals surface area (Å²) in [5.41, 5.74) is 1.61. The first-order chi connectivity index (χ1) is 6.77. The Morgan fingerprint density at radius 3 is 2.29 bits per heavy atom. The molecule has 0 spiro atoms. The first kappa shape index (κ1) is 8.63. The van der Waals surface area contributed by atoms with Crippen LogP contribution in [0.2, 0.25) is 0 Å². The quantitative estimate of drug-likeness (QED) is 0.716. The Balaban J connectivity index is 2.50. The maximum atomic E-state index is 9.54. The number of phenols is 2. The summed E-state index contributed by atoms with van der Waals surface area (Å²) < 4.78 is 0. The van der Waals surface area contributed by atoms with Gasteiger partial charge in [-0.25, -0.2) is 0 Å². The average molecular weight is 185 g/mol. The predicted octanol–water partition coefficient (Wildman–Crippen LogP) is 2.56. The molecule has 0 bridgehead atoms. The molecular weight excluding hydrogens is 176 g/mol. The lowest BCUT2D eigenvalue weighted by Gasteiger charge is -2.03. The standard InChI is InChI=1S/C12H9O2/c13-10-7-5-9(6-8-10)11-3-1-2-4-12(11)14/h1,3-8,13-14H. The van der Waals surface area contributed by atoms with Crippen LogP contribution in [-0.2, 0) is 0 Å². The van der Waals surface area contributed by atoms with Gasteiger partial charge in [-0.15, -0.1) is 0 Å². The highest BCUT2D eigenvalue weighted by atomic mass is 16.3. The second kappa shape index (κ2) is 3.42. The van der Waals surface area contributed by atoms with Crippen LogP contribution < -0.4 is 0 Å². The second-order valence-corrected chi connectivity index (χ2v) is 2.99. The molecule has 2 N–H and O–H groups in total. The van der Waals surface area contributed by atoms with Crippen molar-refractivity contribution >= 4 is 0 Å². The Kier molecular flexibility index (Phi) is 2.11. The van der Waals surface area contributed by atoms with Gasteiger partial charge in [-0.3, -0.25) is 0 Å². The maximum Gasteiger partial charge on any atom is 0.124 e. The van der Waals surface area contributed by atoms with Crippen molar-refractivity contribution in [3.63, 3.8) is 0 Å². The van der Waals surface area contributed by atoms with Gasteiger partial charge in [0.15, 0.2) is 0 Å². The number of benzene rings is 2. The van der Waals surface area contributed by atoms with E-state index in [0.717, 1.165) is 11.1 Å². The number of hydrogen-bond acceptors (Lipinski definition) is 2. The van der Waals surface area contributed by atoms with Crippen molar-refractivity contribution in [2.45, 2.75) is 0 Å². The number of phenolic OH excluding ortho intramolecular Hbond substituents is 2. The topological polar surface area (TPSA) is 40.5 Å². The summed E-state index contributed by atoms with van der Waals surface area (Å²) in [6, 6.07) is 14.5. The molecule has 0 aliphatic carbocycles. The van der Waals surface area contributed by atoms with Crippen LogP contribution in [0, 0.1) is 6.07 Å². The van der Waals surface area contributed by atoms with Crippen LogP contribution in [0.1, 0.15) is 0 Å². The Bertz CT molecular complexity index is 432. The largest absolute Gasteiger partial charge is 0.508 e. The molecule has 0 unspecified atom stereocenters. The van der Waals surface area contributed by atoms with Crippen LogP contribution in [0.25, 0.3) is 11.1 Å². The Hall–Kier alpha value is -1.96. The molecule has 0 atom stereocenters. The molecule has 14 heavy (non-hydrogen) atoms. The molecule has 69 valence electrons. The fourth-order valence-corrected chi connectivity index (χ4v) is 1.31. The minimum absolute atomic E-state index is 0.193. The Morgan fingerprint density at radius 2 is 1.64 bits per heavy atom. The van der Waals surface area contributed by atoms with E-state index >= 15 is 0 Å². The second-order valence-electron chi connectivity index (χ2n) is 2.99. The van der Waals surface area contributed by atoms with Gasteiger partial charge in [-0.1, -0.05) is 24.3 Å². The molecule has 0 aliphatic heterocycles. The highest BCUT2D eigenvalue weighted by Crippen LogP contribution is 2.29. The first-order valence-electron chi connectivity index (χ1n) is 4.26. The van der Waals surface area contributed by atoms with Crippen molar-refractivity contribution in [3.05, 3.63) is 48.5 Å². The van der Waals surface area contributed by atoms with Crippen molar-refractivity contribution in [1.82, 2.24) is 0 Å². The first-order valence-corrected chi connectivity index (χ1v) is 4.26. The van der Waals surface area contributed by atoms with E-state index < -0.39 is 0 Å². The molecule has 0 aliphatic rings. The van der Waals surface area contributed by atoms with Crippen LogP contribution in [0.5, 0.6) is 11.5 Å². The predicted molar refractivity (Wildman–Crippen MR) is 54.0 cm³/mol. The van der Waals surface area contributed by atoms with E-state index in [1.165, 1.54) is 6.07 Å². The zero-order valence-corrected chi connectivity index (χ0v) is 7.44. The third-order valence-corrected chi connectivity index (χ3v) is 2.02. The Morgan fingerprint density at radius 1 is 0.929 bits per heavy atom. The molecule has 2 aromatic carbocycles. The average Bonchev–Trinajstić information content (AvgIpc) is 2.20. The molecule has 2 nitrogen and oxygen atoms in total. The smallest absolute Gasteiger partial charge is 0.124 e. The number of hydrogen-bond donors (Lipinski definition) is 2. The van der Waals surface area contributed by atoms with E-state index in [9.17, 15) is 5.11 Å². The molecular formula is C12H9O2. The van der Waals surface area contributed by atoms with Crippen molar-refractivity contribution in [2.75, 3.05) is 0 Å². The highest BCUT2D eigenvalue weighted by Gasteiger charge is 2.01. The SMILES string of the molecule is Oc1ccc(-c2cc[c]cc2O)cc1. The third kappa shape index (κ3) is 1.55. The fourth-order valence-electron chi connectivity index (χ4n) is 1.31. The number of aromatic hydroxyl groups is 2. The summed E-state index contributed by atoms with van der Waals surface area (Å²) in [7, 11) is 0. The van der Waals surface area contributed by atoms with Crippen LogP contribution in [0.3, 0.4) is 0 Å². The minimum Gasteiger partial charge on any atom is -0.508 e. The lowest BCUT2D eigenvalue weighted by atomic mass is 10.0. The van der Waals surface area contributed by atoms with Gasteiger partial charge in [0.2, 0.25) is 0 Å². The van der Waals surface area contributed by atoms with E-state index in [2.05, 4.69) is 6.07 Å². The lowest BCUT2D eigenvalue weighted by molar-refractivity contribution is 0.474. The number of rotatable bonds is 1. The van der Waals surface area contributed by atoms with Crippen LogP contribution >= 0.6 is 0 Å². The summed E-state index contributed by atoms with van der Waals surface area (Å²) in [4.78, 5) is 0. The Labute approximate surface area is 82.1 Å². The van der Waals surface area contributed by atoms with Gasteiger partial charge in [-0.2, -0.15) is 0 Å². The van der Waals surface area contributed by atoms with E-state index in [4.69, 9.17) is 5.11 Å². The molecule has 1 radical (unpaired) electrons. The van der Waals surface area contributed by atoms with Crippen molar-refractivity contribution < 1.29 is 10.2 Å². The van der Waals surface area contributed by atoms with Gasteiger partial charge in [-0.05, 0) is 29.8 Å². The van der Waals surface area contributed by atoms with Gasteiger partial charge in [0.05, 0.1) is 0 Å². The molecule has 0 aromatic heterocycles. The van der Waals surface area contributed by atoms with Gasteiger partial charge in [0, 0.05) is 5.56 Å². The van der Waals surface area contributed by atoms with Gasteiger partial charge in [0.1, 0.15) is 11.5 Å². The normalized spacial score (nSPS) is 10.0. The highest BCUT2D eigenvalue weighted by molar-refractivity contribution is 5.70. The summed E-state index contributed by atoms with van der Waals surface area (Å²) in [5, 5.41) is 18.6. The molecule has 2 heteroatoms. The van der Waals surface area contributed by atoms with Gasteiger partial charge < -0.3 is 10.2 Å². The van der Waals surface area contributed by atoms with E-state index in [0.29, 0.717) is 0 Å². The van der Waals surface area contributed by atoms with Gasteiger partial charge in [0.25, 0.3) is 0 Å². The zero-order valence-electron chi connectivity index (χ0n) is 7.44. The van der Waals surface area contributed by atoms with E-state index in [1.54, 1.807) is 36.4 Å². The van der Waals surface area contributed by atoms with E-state index in [-0.39, 0.29) is 11.5 Å². The zero-order chi connectivity index (χ0) is 9.97. The van der Waals surface area contributed by atoms with Crippen LogP contribution in [-0.4, -0.2) is 10.2 Å². The van der Waals surface area contributed by atoms with Crippen molar-refractivity contribution in [3.8, 4) is 22.6 Å². The van der Waals surface area contributed by atoms with Gasteiger partial charge >= 0.3 is 0 Å². The molecule has 2 rings (SSSR count). The minimum atomic E-state index is 0.193. The molecule has 0 fully saturated rings. The maximum absolute atomic E-state index is 9.54. The monoisotopic (exact) mass is 185 g/mol. The molecule has 0 heterocycles. The summed E-state index contributed by atoms with van der Waals surface area (Å²) in [5.74, 6) is 0.411. The summed E-state index contributed by atoms with van der Waals surface area (Å²) in [6.45, 7) is 0. The lowest BCUT2D eigenvalue weighted by Crippen LogP contribution is -1.77. The van der Waals surface area contributed by atoms with Crippen LogP contribution in [0.4, 0.5) is 0 Å². The van der Waals surface area contributed by atoms with Crippen molar-refractivity contribution in [1.29, 1.82) is 0 Å². The molecule has 0 amide bonds. The molecule has 0 saturated heterocycles.